The fourth-order valence-electron chi connectivity index (χ4n) is 4.22. The van der Waals surface area contributed by atoms with Gasteiger partial charge in [-0.1, -0.05) is 6.92 Å². The first-order valence-corrected chi connectivity index (χ1v) is 11.3. The summed E-state index contributed by atoms with van der Waals surface area (Å²) in [6.45, 7) is 5.68. The number of benzene rings is 1. The molecule has 1 aliphatic carbocycles. The number of carbonyl (C=O) groups is 2. The smallest absolute Gasteiger partial charge is 0.421 e. The number of pyridine rings is 1. The number of aromatic carboxylic acids is 1. The molecule has 0 spiro atoms. The molecule has 10 heteroatoms. The van der Waals surface area contributed by atoms with E-state index in [0.717, 1.165) is 37.9 Å². The summed E-state index contributed by atoms with van der Waals surface area (Å²) in [4.78, 5) is 30.5. The van der Waals surface area contributed by atoms with Crippen molar-refractivity contribution >= 4 is 17.6 Å². The Morgan fingerprint density at radius 1 is 1.20 bits per heavy atom. The van der Waals surface area contributed by atoms with Crippen LogP contribution in [0.1, 0.15) is 67.9 Å². The van der Waals surface area contributed by atoms with Crippen LogP contribution in [0.15, 0.2) is 30.5 Å². The summed E-state index contributed by atoms with van der Waals surface area (Å²) in [5.41, 5.74) is -1.69. The van der Waals surface area contributed by atoms with Crippen LogP contribution >= 0.6 is 0 Å². The van der Waals surface area contributed by atoms with Crippen molar-refractivity contribution < 1.29 is 32.6 Å². The number of hydrogen-bond donors (Lipinski definition) is 1. The van der Waals surface area contributed by atoms with Gasteiger partial charge in [-0.25, -0.2) is 9.78 Å². The molecule has 1 amide bonds. The number of hydrogen-bond acceptors (Lipinski definition) is 5. The third-order valence-electron chi connectivity index (χ3n) is 6.08. The zero-order valence-electron chi connectivity index (χ0n) is 19.6. The van der Waals surface area contributed by atoms with Gasteiger partial charge >= 0.3 is 12.1 Å². The second-order valence-electron chi connectivity index (χ2n) is 9.03. The second kappa shape index (κ2) is 10.3. The van der Waals surface area contributed by atoms with Gasteiger partial charge in [-0.15, -0.1) is 0 Å². The molecule has 35 heavy (non-hydrogen) atoms. The first-order chi connectivity index (χ1) is 16.4. The first kappa shape index (κ1) is 26.0. The predicted octanol–water partition coefficient (Wildman–Crippen LogP) is 6.03. The van der Waals surface area contributed by atoms with E-state index in [0.29, 0.717) is 12.0 Å². The Balaban J connectivity index is 1.98. The summed E-state index contributed by atoms with van der Waals surface area (Å²) >= 11 is 0. The molecule has 0 atom stereocenters. The number of alkyl halides is 3. The molecule has 1 aliphatic rings. The molecule has 0 saturated heterocycles. The fraction of sp³-hybridized carbons (Fsp3) is 0.440. The minimum atomic E-state index is -4.84. The van der Waals surface area contributed by atoms with Crippen LogP contribution in [0.3, 0.4) is 0 Å². The maximum Gasteiger partial charge on any atom is 0.421 e. The number of carboxylic acid groups (broad SMARTS) is 1. The van der Waals surface area contributed by atoms with Crippen LogP contribution < -0.4 is 9.64 Å². The summed E-state index contributed by atoms with van der Waals surface area (Å²) in [5, 5.41) is 18.7. The van der Waals surface area contributed by atoms with Gasteiger partial charge in [-0.05, 0) is 69.7 Å². The maximum absolute atomic E-state index is 13.5. The van der Waals surface area contributed by atoms with Gasteiger partial charge in [0.15, 0.2) is 0 Å². The number of rotatable bonds is 6. The average molecular weight is 489 g/mol. The number of anilines is 1. The number of amides is 1. The number of carboxylic acids is 1. The van der Waals surface area contributed by atoms with E-state index in [1.807, 2.05) is 0 Å². The van der Waals surface area contributed by atoms with Gasteiger partial charge in [0.1, 0.15) is 17.4 Å². The molecular formula is C25H26F3N3O4. The molecule has 1 saturated carbocycles. The SMILES string of the molecule is CC1CCC(C(=O)N(c2ccc(Oc3ncc(C#N)cc3C(F)(F)F)cc2C(=O)O)C(C)C)CC1. The summed E-state index contributed by atoms with van der Waals surface area (Å²) in [7, 11) is 0. The molecule has 3 rings (SSSR count). The summed E-state index contributed by atoms with van der Waals surface area (Å²) in [6, 6.07) is 5.59. The van der Waals surface area contributed by atoms with E-state index in [9.17, 15) is 27.9 Å². The molecule has 186 valence electrons. The van der Waals surface area contributed by atoms with Crippen molar-refractivity contribution in [2.75, 3.05) is 4.90 Å². The van der Waals surface area contributed by atoms with Crippen molar-refractivity contribution in [2.24, 2.45) is 11.8 Å². The Kier molecular flexibility index (Phi) is 7.68. The van der Waals surface area contributed by atoms with E-state index < -0.39 is 23.6 Å². The Bertz CT molecular complexity index is 1150. The number of carbonyl (C=O) groups excluding carboxylic acids is 1. The molecule has 0 radical (unpaired) electrons. The van der Waals surface area contributed by atoms with Crippen molar-refractivity contribution in [3.05, 3.63) is 47.2 Å². The highest BCUT2D eigenvalue weighted by Gasteiger charge is 2.36. The van der Waals surface area contributed by atoms with Crippen molar-refractivity contribution in [2.45, 2.75) is 58.7 Å². The lowest BCUT2D eigenvalue weighted by Gasteiger charge is -2.34. The Morgan fingerprint density at radius 3 is 2.40 bits per heavy atom. The highest BCUT2D eigenvalue weighted by atomic mass is 19.4. The quantitative estimate of drug-likeness (QED) is 0.531. The van der Waals surface area contributed by atoms with Crippen LogP contribution in [0, 0.1) is 23.2 Å². The predicted molar refractivity (Wildman–Crippen MR) is 121 cm³/mol. The van der Waals surface area contributed by atoms with E-state index >= 15 is 0 Å². The van der Waals surface area contributed by atoms with Gasteiger partial charge in [0.25, 0.3) is 0 Å². The van der Waals surface area contributed by atoms with Crippen molar-refractivity contribution in [3.8, 4) is 17.7 Å². The van der Waals surface area contributed by atoms with E-state index in [1.165, 1.54) is 17.0 Å². The van der Waals surface area contributed by atoms with Gasteiger partial charge in [0.05, 0.1) is 16.8 Å². The van der Waals surface area contributed by atoms with Gasteiger partial charge in [-0.3, -0.25) is 4.79 Å². The molecule has 2 aromatic rings. The molecule has 7 nitrogen and oxygen atoms in total. The van der Waals surface area contributed by atoms with Gasteiger partial charge < -0.3 is 14.7 Å². The second-order valence-corrected chi connectivity index (χ2v) is 9.03. The van der Waals surface area contributed by atoms with Crippen molar-refractivity contribution in [3.63, 3.8) is 0 Å². The lowest BCUT2D eigenvalue weighted by molar-refractivity contribution is -0.139. The Hall–Kier alpha value is -3.61. The Morgan fingerprint density at radius 2 is 1.86 bits per heavy atom. The lowest BCUT2D eigenvalue weighted by atomic mass is 9.82. The highest BCUT2D eigenvalue weighted by Crippen LogP contribution is 2.39. The minimum Gasteiger partial charge on any atom is -0.478 e. The first-order valence-electron chi connectivity index (χ1n) is 11.3. The molecule has 1 aromatic carbocycles. The normalized spacial score (nSPS) is 18.1. The number of nitriles is 1. The Labute approximate surface area is 201 Å². The van der Waals surface area contributed by atoms with Crippen LogP contribution in [-0.4, -0.2) is 28.0 Å². The van der Waals surface area contributed by atoms with Crippen LogP contribution in [0.5, 0.6) is 11.6 Å². The van der Waals surface area contributed by atoms with Crippen LogP contribution in [-0.2, 0) is 11.0 Å². The lowest BCUT2D eigenvalue weighted by Crippen LogP contribution is -2.42. The van der Waals surface area contributed by atoms with Crippen LogP contribution in [0.4, 0.5) is 18.9 Å². The van der Waals surface area contributed by atoms with E-state index in [2.05, 4.69) is 11.9 Å². The largest absolute Gasteiger partial charge is 0.478 e. The molecular weight excluding hydrogens is 463 g/mol. The summed E-state index contributed by atoms with van der Waals surface area (Å²) < 4.78 is 45.7. The van der Waals surface area contributed by atoms with Gasteiger partial charge in [0.2, 0.25) is 11.8 Å². The van der Waals surface area contributed by atoms with Gasteiger partial charge in [0, 0.05) is 18.2 Å². The number of halogens is 3. The van der Waals surface area contributed by atoms with Crippen LogP contribution in [0.25, 0.3) is 0 Å². The fourth-order valence-corrected chi connectivity index (χ4v) is 4.22. The number of ether oxygens (including phenoxy) is 1. The molecule has 1 aromatic heterocycles. The zero-order valence-corrected chi connectivity index (χ0v) is 19.6. The summed E-state index contributed by atoms with van der Waals surface area (Å²) in [6.07, 6.45) is -0.640. The molecule has 1 N–H and O–H groups in total. The molecule has 0 aliphatic heterocycles. The highest BCUT2D eigenvalue weighted by molar-refractivity contribution is 6.03. The molecule has 0 bridgehead atoms. The minimum absolute atomic E-state index is 0.146. The van der Waals surface area contributed by atoms with Gasteiger partial charge in [-0.2, -0.15) is 18.4 Å². The van der Waals surface area contributed by atoms with Crippen molar-refractivity contribution in [1.29, 1.82) is 5.26 Å². The molecule has 1 fully saturated rings. The zero-order chi connectivity index (χ0) is 25.9. The molecule has 1 heterocycles. The third-order valence-corrected chi connectivity index (χ3v) is 6.08. The van der Waals surface area contributed by atoms with Crippen molar-refractivity contribution in [1.82, 2.24) is 4.98 Å². The van der Waals surface area contributed by atoms with E-state index in [4.69, 9.17) is 10.00 Å². The third kappa shape index (κ3) is 5.91. The number of aromatic nitrogens is 1. The topological polar surface area (TPSA) is 104 Å². The molecule has 0 unspecified atom stereocenters. The average Bonchev–Trinajstić information content (AvgIpc) is 2.79. The standard InChI is InChI=1S/C25H26F3N3O4/c1-14(2)31(23(32)17-6-4-15(3)5-7-17)21-9-8-18(11-19(21)24(33)34)35-22-20(25(26,27)28)10-16(12-29)13-30-22/h8-11,13-15,17H,4-7H2,1-3H3,(H,33,34). The monoisotopic (exact) mass is 489 g/mol. The van der Waals surface area contributed by atoms with Crippen LogP contribution in [0.2, 0.25) is 0 Å². The summed E-state index contributed by atoms with van der Waals surface area (Å²) in [5.74, 6) is -2.22. The van der Waals surface area contributed by atoms with E-state index in [-0.39, 0.29) is 40.4 Å². The maximum atomic E-state index is 13.5. The van der Waals surface area contributed by atoms with E-state index in [1.54, 1.807) is 19.9 Å². The number of nitrogens with zero attached hydrogens (tertiary/aromatic N) is 3.